The van der Waals surface area contributed by atoms with Gasteiger partial charge in [-0.05, 0) is 91.4 Å². The predicted molar refractivity (Wildman–Crippen MR) is 164 cm³/mol. The number of rotatable bonds is 7. The van der Waals surface area contributed by atoms with Crippen molar-refractivity contribution in [2.24, 2.45) is 22.7 Å². The molecule has 0 unspecified atom stereocenters. The van der Waals surface area contributed by atoms with E-state index in [1.807, 2.05) is 27.7 Å². The Kier molecular flexibility index (Phi) is 9.02. The van der Waals surface area contributed by atoms with E-state index in [4.69, 9.17) is 28.4 Å². The quantitative estimate of drug-likeness (QED) is 0.300. The number of carbonyl (C=O) groups is 3. The number of esters is 3. The fourth-order valence-corrected chi connectivity index (χ4v) is 10.5. The number of fused-ring (bicyclic) bond motifs is 5. The zero-order chi connectivity index (χ0) is 33.3. The van der Waals surface area contributed by atoms with Crippen LogP contribution in [-0.2, 0) is 42.8 Å². The minimum absolute atomic E-state index is 0.0171. The third-order valence-electron chi connectivity index (χ3n) is 12.4. The average molecular weight is 637 g/mol. The SMILES string of the molecule is CC(=O)O[C@H]1[C@H](OC(C)=O)[C@H]([C@@](C)(O)CC[C@@H]2O[C@@H](C)[C@H]3CC[C@]2(C)O3)[C@@]2(C)CC[C@@H]3OC(C)(C)[C@H](OC(C)=O)CC[C@@]3(C)[C@H]12. The fraction of sp³-hybridized carbons (Fsp3) is 0.914. The van der Waals surface area contributed by atoms with Crippen molar-refractivity contribution >= 4 is 17.9 Å². The van der Waals surface area contributed by atoms with Crippen LogP contribution in [0.5, 0.6) is 0 Å². The molecule has 0 spiro atoms. The summed E-state index contributed by atoms with van der Waals surface area (Å²) in [6.07, 6.45) is 2.99. The molecule has 5 fully saturated rings. The maximum absolute atomic E-state index is 12.7. The molecule has 1 N–H and O–H groups in total. The van der Waals surface area contributed by atoms with Crippen LogP contribution in [0.4, 0.5) is 0 Å². The second-order valence-corrected chi connectivity index (χ2v) is 16.2. The lowest BCUT2D eigenvalue weighted by molar-refractivity contribution is -0.232. The molecule has 45 heavy (non-hydrogen) atoms. The van der Waals surface area contributed by atoms with Crippen LogP contribution in [0.3, 0.4) is 0 Å². The molecule has 2 saturated carbocycles. The van der Waals surface area contributed by atoms with Crippen molar-refractivity contribution in [3.05, 3.63) is 0 Å². The van der Waals surface area contributed by atoms with Crippen molar-refractivity contribution < 1.29 is 47.9 Å². The normalized spacial score (nSPS) is 46.6. The molecule has 10 nitrogen and oxygen atoms in total. The van der Waals surface area contributed by atoms with Crippen molar-refractivity contribution in [3.63, 3.8) is 0 Å². The summed E-state index contributed by atoms with van der Waals surface area (Å²) in [4.78, 5) is 37.4. The number of hydrogen-bond donors (Lipinski definition) is 1. The van der Waals surface area contributed by atoms with E-state index in [9.17, 15) is 19.5 Å². The average Bonchev–Trinajstić information content (AvgIpc) is 3.35. The van der Waals surface area contributed by atoms with Crippen molar-refractivity contribution in [2.45, 2.75) is 180 Å². The summed E-state index contributed by atoms with van der Waals surface area (Å²) in [6, 6.07) is 0. The van der Waals surface area contributed by atoms with E-state index in [0.717, 1.165) is 12.8 Å². The van der Waals surface area contributed by atoms with Crippen LogP contribution in [0.2, 0.25) is 0 Å². The summed E-state index contributed by atoms with van der Waals surface area (Å²) in [6.45, 7) is 18.4. The summed E-state index contributed by atoms with van der Waals surface area (Å²) in [5, 5.41) is 12.5. The summed E-state index contributed by atoms with van der Waals surface area (Å²) in [5.41, 5.74) is -3.55. The zero-order valence-corrected chi connectivity index (χ0v) is 29.0. The van der Waals surface area contributed by atoms with Crippen LogP contribution in [0.15, 0.2) is 0 Å². The Morgan fingerprint density at radius 3 is 2.04 bits per heavy atom. The first kappa shape index (κ1) is 34.6. The van der Waals surface area contributed by atoms with Crippen LogP contribution in [0, 0.1) is 22.7 Å². The number of aliphatic hydroxyl groups is 1. The molecule has 3 aliphatic heterocycles. The third-order valence-corrected chi connectivity index (χ3v) is 12.4. The van der Waals surface area contributed by atoms with Gasteiger partial charge in [0.2, 0.25) is 0 Å². The van der Waals surface area contributed by atoms with Crippen molar-refractivity contribution in [3.8, 4) is 0 Å². The Balaban J connectivity index is 1.52. The van der Waals surface area contributed by atoms with Gasteiger partial charge in [-0.2, -0.15) is 0 Å². The highest BCUT2D eigenvalue weighted by Crippen LogP contribution is 2.68. The molecule has 3 heterocycles. The van der Waals surface area contributed by atoms with Crippen LogP contribution < -0.4 is 0 Å². The van der Waals surface area contributed by atoms with Gasteiger partial charge in [0, 0.05) is 38.0 Å². The highest BCUT2D eigenvalue weighted by Gasteiger charge is 2.72. The highest BCUT2D eigenvalue weighted by atomic mass is 16.6. The number of hydrogen-bond acceptors (Lipinski definition) is 10. The van der Waals surface area contributed by atoms with E-state index >= 15 is 0 Å². The molecule has 2 bridgehead atoms. The molecule has 2 aliphatic carbocycles. The minimum Gasteiger partial charge on any atom is -0.460 e. The number of carbonyl (C=O) groups excluding carboxylic acids is 3. The van der Waals surface area contributed by atoms with Crippen LogP contribution in [0.1, 0.15) is 121 Å². The molecule has 0 amide bonds. The summed E-state index contributed by atoms with van der Waals surface area (Å²) >= 11 is 0. The Bertz CT molecular complexity index is 1170. The largest absolute Gasteiger partial charge is 0.460 e. The van der Waals surface area contributed by atoms with Gasteiger partial charge in [-0.1, -0.05) is 13.8 Å². The molecular formula is C35H56O10. The van der Waals surface area contributed by atoms with E-state index in [1.165, 1.54) is 20.8 Å². The van der Waals surface area contributed by atoms with E-state index in [2.05, 4.69) is 20.8 Å². The van der Waals surface area contributed by atoms with E-state index in [1.54, 1.807) is 0 Å². The summed E-state index contributed by atoms with van der Waals surface area (Å²) in [5.74, 6) is -2.15. The first-order chi connectivity index (χ1) is 20.7. The summed E-state index contributed by atoms with van der Waals surface area (Å²) in [7, 11) is 0. The van der Waals surface area contributed by atoms with Crippen molar-refractivity contribution in [1.29, 1.82) is 0 Å². The molecule has 0 aromatic rings. The Morgan fingerprint density at radius 2 is 1.42 bits per heavy atom. The molecule has 10 heteroatoms. The monoisotopic (exact) mass is 636 g/mol. The predicted octanol–water partition coefficient (Wildman–Crippen LogP) is 5.05. The van der Waals surface area contributed by atoms with Crippen LogP contribution in [0.25, 0.3) is 0 Å². The molecule has 5 aliphatic rings. The molecule has 256 valence electrons. The van der Waals surface area contributed by atoms with Crippen LogP contribution in [-0.4, -0.2) is 82.5 Å². The van der Waals surface area contributed by atoms with Crippen molar-refractivity contribution in [2.75, 3.05) is 0 Å². The minimum atomic E-state index is -1.30. The Morgan fingerprint density at radius 1 is 0.822 bits per heavy atom. The molecular weight excluding hydrogens is 580 g/mol. The zero-order valence-electron chi connectivity index (χ0n) is 29.0. The van der Waals surface area contributed by atoms with Gasteiger partial charge in [-0.25, -0.2) is 0 Å². The molecule has 0 radical (unpaired) electrons. The van der Waals surface area contributed by atoms with Crippen LogP contribution >= 0.6 is 0 Å². The number of ether oxygens (including phenoxy) is 6. The van der Waals surface area contributed by atoms with Gasteiger partial charge in [0.15, 0.2) is 0 Å². The molecule has 5 rings (SSSR count). The maximum Gasteiger partial charge on any atom is 0.303 e. The van der Waals surface area contributed by atoms with E-state index in [-0.39, 0.29) is 36.3 Å². The maximum atomic E-state index is 12.7. The summed E-state index contributed by atoms with van der Waals surface area (Å²) < 4.78 is 37.6. The fourth-order valence-electron chi connectivity index (χ4n) is 10.5. The second kappa shape index (κ2) is 11.7. The topological polar surface area (TPSA) is 127 Å². The smallest absolute Gasteiger partial charge is 0.303 e. The van der Waals surface area contributed by atoms with E-state index < -0.39 is 63.8 Å². The van der Waals surface area contributed by atoms with Gasteiger partial charge >= 0.3 is 17.9 Å². The highest BCUT2D eigenvalue weighted by molar-refractivity contribution is 5.68. The molecule has 3 saturated heterocycles. The second-order valence-electron chi connectivity index (χ2n) is 16.2. The van der Waals surface area contributed by atoms with E-state index in [0.29, 0.717) is 38.5 Å². The van der Waals surface area contributed by atoms with Gasteiger partial charge in [0.25, 0.3) is 0 Å². The molecule has 0 aromatic heterocycles. The van der Waals surface area contributed by atoms with Gasteiger partial charge < -0.3 is 33.5 Å². The van der Waals surface area contributed by atoms with Gasteiger partial charge in [0.05, 0.1) is 41.2 Å². The van der Waals surface area contributed by atoms with Gasteiger partial charge in [0.1, 0.15) is 18.3 Å². The Labute approximate surface area is 268 Å². The van der Waals surface area contributed by atoms with Gasteiger partial charge in [-0.3, -0.25) is 14.4 Å². The standard InChI is InChI=1S/C35H56O10/c1-19-23-11-18-35(10,44-23)26(40-19)14-17-34(9,39)30-28(43-22(4)38)27(42-21(3)37)29-32(7)15-12-24(41-20(2)36)31(5,6)45-25(32)13-16-33(29,30)8/h19,23-30,39H,11-18H2,1-10H3/t19-,23+,24+,25-,26-,27-,28-,29-,30-,32+,33-,34-,35-/m0/s1. The van der Waals surface area contributed by atoms with Crippen molar-refractivity contribution in [1.82, 2.24) is 0 Å². The first-order valence-corrected chi connectivity index (χ1v) is 17.0. The molecule has 0 aromatic carbocycles. The lowest BCUT2D eigenvalue weighted by atomic mass is 9.51. The third kappa shape index (κ3) is 6.06. The molecule has 13 atom stereocenters. The lowest BCUT2D eigenvalue weighted by Crippen LogP contribution is -2.57. The van der Waals surface area contributed by atoms with Gasteiger partial charge in [-0.15, -0.1) is 0 Å². The first-order valence-electron chi connectivity index (χ1n) is 17.0. The lowest BCUT2D eigenvalue weighted by Gasteiger charge is -2.56. The Hall–Kier alpha value is -1.75.